The molecule has 1 aromatic rings. The second-order valence-electron chi connectivity index (χ2n) is 5.26. The third kappa shape index (κ3) is 4.73. The van der Waals surface area contributed by atoms with Gasteiger partial charge in [0.2, 0.25) is 0 Å². The molecule has 1 rings (SSSR count). The Bertz CT molecular complexity index is 602. The Labute approximate surface area is 119 Å². The van der Waals surface area contributed by atoms with Crippen LogP contribution in [0.25, 0.3) is 0 Å². The normalized spacial score (nSPS) is 11.8. The van der Waals surface area contributed by atoms with Gasteiger partial charge < -0.3 is 9.47 Å². The predicted octanol–water partition coefficient (Wildman–Crippen LogP) is 2.45. The number of hydrogen-bond donors (Lipinski definition) is 1. The van der Waals surface area contributed by atoms with Gasteiger partial charge in [-0.1, -0.05) is 0 Å². The molecule has 1 amide bonds. The Hall–Kier alpha value is -1.76. The number of sulfone groups is 1. The van der Waals surface area contributed by atoms with Crippen molar-refractivity contribution in [3.05, 3.63) is 18.2 Å². The highest BCUT2D eigenvalue weighted by atomic mass is 32.2. The van der Waals surface area contributed by atoms with E-state index < -0.39 is 21.5 Å². The fourth-order valence-corrected chi connectivity index (χ4v) is 2.30. The van der Waals surface area contributed by atoms with Gasteiger partial charge in [-0.25, -0.2) is 13.2 Å². The van der Waals surface area contributed by atoms with Crippen LogP contribution >= 0.6 is 0 Å². The molecule has 0 aliphatic carbocycles. The van der Waals surface area contributed by atoms with Crippen molar-refractivity contribution in [3.8, 4) is 5.75 Å². The van der Waals surface area contributed by atoms with Crippen molar-refractivity contribution in [1.29, 1.82) is 0 Å². The average Bonchev–Trinajstić information content (AvgIpc) is 2.24. The molecule has 0 unspecified atom stereocenters. The van der Waals surface area contributed by atoms with E-state index in [9.17, 15) is 13.2 Å². The van der Waals surface area contributed by atoms with Gasteiger partial charge in [0, 0.05) is 18.0 Å². The molecular formula is C13H19NO5S. The van der Waals surface area contributed by atoms with Crippen LogP contribution in [0.3, 0.4) is 0 Å². The van der Waals surface area contributed by atoms with E-state index in [4.69, 9.17) is 9.47 Å². The molecule has 6 nitrogen and oxygen atoms in total. The van der Waals surface area contributed by atoms with E-state index in [0.29, 0.717) is 5.69 Å². The van der Waals surface area contributed by atoms with Crippen molar-refractivity contribution in [2.75, 3.05) is 18.7 Å². The number of ether oxygens (including phenoxy) is 2. The van der Waals surface area contributed by atoms with Crippen LogP contribution in [0.1, 0.15) is 20.8 Å². The molecule has 0 heterocycles. The molecule has 7 heteroatoms. The molecule has 0 aliphatic rings. The first-order valence-electron chi connectivity index (χ1n) is 5.91. The second kappa shape index (κ2) is 5.70. The number of nitrogens with one attached hydrogen (secondary N) is 1. The standard InChI is InChI=1S/C13H19NO5S/c1-13(2,3)19-12(15)14-9-6-7-11(20(5,16)17)10(8-9)18-4/h6-8H,1-5H3,(H,14,15). The molecule has 0 radical (unpaired) electrons. The predicted molar refractivity (Wildman–Crippen MR) is 76.0 cm³/mol. The molecule has 0 aliphatic heterocycles. The molecule has 0 saturated heterocycles. The van der Waals surface area contributed by atoms with E-state index in [1.165, 1.54) is 25.3 Å². The molecule has 0 bridgehead atoms. The molecular weight excluding hydrogens is 282 g/mol. The summed E-state index contributed by atoms with van der Waals surface area (Å²) in [6.45, 7) is 5.25. The van der Waals surface area contributed by atoms with Crippen LogP contribution in [0.5, 0.6) is 5.75 Å². The summed E-state index contributed by atoms with van der Waals surface area (Å²) in [5, 5.41) is 2.52. The number of carbonyl (C=O) groups excluding carboxylic acids is 1. The number of amides is 1. The zero-order chi connectivity index (χ0) is 15.6. The molecule has 0 spiro atoms. The highest BCUT2D eigenvalue weighted by Crippen LogP contribution is 2.27. The van der Waals surface area contributed by atoms with E-state index >= 15 is 0 Å². The van der Waals surface area contributed by atoms with Crippen molar-refractivity contribution in [2.45, 2.75) is 31.3 Å². The Morgan fingerprint density at radius 1 is 1.25 bits per heavy atom. The fraction of sp³-hybridized carbons (Fsp3) is 0.462. The Kier molecular flexibility index (Phi) is 4.65. The van der Waals surface area contributed by atoms with Crippen molar-refractivity contribution in [3.63, 3.8) is 0 Å². The van der Waals surface area contributed by atoms with Gasteiger partial charge in [-0.2, -0.15) is 0 Å². The molecule has 0 fully saturated rings. The molecule has 0 atom stereocenters. The Morgan fingerprint density at radius 3 is 2.30 bits per heavy atom. The van der Waals surface area contributed by atoms with Crippen molar-refractivity contribution >= 4 is 21.6 Å². The lowest BCUT2D eigenvalue weighted by Gasteiger charge is -2.20. The number of carbonyl (C=O) groups is 1. The van der Waals surface area contributed by atoms with Crippen molar-refractivity contribution in [2.24, 2.45) is 0 Å². The minimum absolute atomic E-state index is 0.0646. The molecule has 0 saturated carbocycles. The number of hydrogen-bond acceptors (Lipinski definition) is 5. The summed E-state index contributed by atoms with van der Waals surface area (Å²) in [5.74, 6) is 0.168. The van der Waals surface area contributed by atoms with Gasteiger partial charge in [-0.15, -0.1) is 0 Å². The summed E-state index contributed by atoms with van der Waals surface area (Å²) in [6, 6.07) is 4.28. The Balaban J connectivity index is 2.98. The lowest BCUT2D eigenvalue weighted by atomic mass is 10.2. The summed E-state index contributed by atoms with van der Waals surface area (Å²) >= 11 is 0. The summed E-state index contributed by atoms with van der Waals surface area (Å²) in [6.07, 6.45) is 0.470. The van der Waals surface area contributed by atoms with Crippen LogP contribution in [-0.2, 0) is 14.6 Å². The van der Waals surface area contributed by atoms with E-state index in [1.54, 1.807) is 20.8 Å². The molecule has 112 valence electrons. The first-order valence-corrected chi connectivity index (χ1v) is 7.80. The maximum atomic E-state index is 11.6. The monoisotopic (exact) mass is 301 g/mol. The first kappa shape index (κ1) is 16.3. The van der Waals surface area contributed by atoms with Gasteiger partial charge in [0.1, 0.15) is 16.2 Å². The smallest absolute Gasteiger partial charge is 0.412 e. The van der Waals surface area contributed by atoms with E-state index in [1.807, 2.05) is 0 Å². The highest BCUT2D eigenvalue weighted by molar-refractivity contribution is 7.90. The van der Waals surface area contributed by atoms with E-state index in [0.717, 1.165) is 6.26 Å². The quantitative estimate of drug-likeness (QED) is 0.927. The number of benzene rings is 1. The van der Waals surface area contributed by atoms with Crippen LogP contribution in [0.15, 0.2) is 23.1 Å². The van der Waals surface area contributed by atoms with Gasteiger partial charge in [-0.05, 0) is 32.9 Å². The minimum atomic E-state index is -3.39. The van der Waals surface area contributed by atoms with Crippen LogP contribution in [0.4, 0.5) is 10.5 Å². The number of anilines is 1. The third-order valence-corrected chi connectivity index (χ3v) is 3.34. The van der Waals surface area contributed by atoms with Crippen LogP contribution in [-0.4, -0.2) is 33.5 Å². The van der Waals surface area contributed by atoms with Crippen LogP contribution in [0.2, 0.25) is 0 Å². The molecule has 0 aromatic heterocycles. The highest BCUT2D eigenvalue weighted by Gasteiger charge is 2.18. The summed E-state index contributed by atoms with van der Waals surface area (Å²) in [4.78, 5) is 11.7. The topological polar surface area (TPSA) is 81.7 Å². The van der Waals surface area contributed by atoms with E-state index in [2.05, 4.69) is 5.32 Å². The zero-order valence-corrected chi connectivity index (χ0v) is 13.0. The van der Waals surface area contributed by atoms with Crippen molar-refractivity contribution < 1.29 is 22.7 Å². The summed E-state index contributed by atoms with van der Waals surface area (Å²) in [5.41, 5.74) is -0.218. The van der Waals surface area contributed by atoms with Crippen LogP contribution < -0.4 is 10.1 Å². The zero-order valence-electron chi connectivity index (χ0n) is 12.2. The second-order valence-corrected chi connectivity index (χ2v) is 7.25. The van der Waals surface area contributed by atoms with Gasteiger partial charge >= 0.3 is 6.09 Å². The largest absolute Gasteiger partial charge is 0.495 e. The van der Waals surface area contributed by atoms with E-state index in [-0.39, 0.29) is 10.6 Å². The SMILES string of the molecule is COc1cc(NC(=O)OC(C)(C)C)ccc1S(C)(=O)=O. The first-order chi connectivity index (χ1) is 9.03. The number of rotatable bonds is 3. The van der Waals surface area contributed by atoms with Gasteiger partial charge in [0.25, 0.3) is 0 Å². The van der Waals surface area contributed by atoms with Gasteiger partial charge in [0.05, 0.1) is 7.11 Å². The van der Waals surface area contributed by atoms with Gasteiger partial charge in [0.15, 0.2) is 9.84 Å². The minimum Gasteiger partial charge on any atom is -0.495 e. The van der Waals surface area contributed by atoms with Crippen molar-refractivity contribution in [1.82, 2.24) is 0 Å². The third-order valence-electron chi connectivity index (χ3n) is 2.21. The fourth-order valence-electron chi connectivity index (χ4n) is 1.47. The Morgan fingerprint density at radius 2 is 1.85 bits per heavy atom. The van der Waals surface area contributed by atoms with Crippen LogP contribution in [0, 0.1) is 0 Å². The van der Waals surface area contributed by atoms with Gasteiger partial charge in [-0.3, -0.25) is 5.32 Å². The maximum absolute atomic E-state index is 11.6. The lowest BCUT2D eigenvalue weighted by molar-refractivity contribution is 0.0636. The molecule has 1 aromatic carbocycles. The number of methoxy groups -OCH3 is 1. The summed E-state index contributed by atoms with van der Waals surface area (Å²) < 4.78 is 33.2. The maximum Gasteiger partial charge on any atom is 0.412 e. The average molecular weight is 301 g/mol. The molecule has 1 N–H and O–H groups in total. The lowest BCUT2D eigenvalue weighted by Crippen LogP contribution is -2.27. The molecule has 20 heavy (non-hydrogen) atoms. The summed E-state index contributed by atoms with van der Waals surface area (Å²) in [7, 11) is -2.03.